The zero-order valence-electron chi connectivity index (χ0n) is 14.8. The SMILES string of the molecule is CCCc1ccc(S(=O)(=O)NC2CCN(C(=O)c3ccoc3)CC2)cc1. The normalized spacial score (nSPS) is 16.0. The smallest absolute Gasteiger partial charge is 0.257 e. The highest BCUT2D eigenvalue weighted by Crippen LogP contribution is 2.18. The molecule has 1 N–H and O–H groups in total. The molecule has 0 atom stereocenters. The highest BCUT2D eigenvalue weighted by atomic mass is 32.2. The van der Waals surface area contributed by atoms with E-state index < -0.39 is 10.0 Å². The predicted octanol–water partition coefficient (Wildman–Crippen LogP) is 2.82. The topological polar surface area (TPSA) is 79.6 Å². The summed E-state index contributed by atoms with van der Waals surface area (Å²) in [7, 11) is -3.54. The number of amides is 1. The Hall–Kier alpha value is -2.12. The standard InChI is InChI=1S/C19H24N2O4S/c1-2-3-15-4-6-18(7-5-15)26(23,24)20-17-8-11-21(12-9-17)19(22)16-10-13-25-14-16/h4-7,10,13-14,17,20H,2-3,8-9,11-12H2,1H3. The van der Waals surface area contributed by atoms with Crippen LogP contribution in [0.5, 0.6) is 0 Å². The molecule has 0 spiro atoms. The number of carbonyl (C=O) groups excluding carboxylic acids is 1. The van der Waals surface area contributed by atoms with Gasteiger partial charge in [0.25, 0.3) is 5.91 Å². The number of likely N-dealkylation sites (tertiary alicyclic amines) is 1. The molecule has 7 heteroatoms. The van der Waals surface area contributed by atoms with Crippen molar-refractivity contribution in [2.75, 3.05) is 13.1 Å². The van der Waals surface area contributed by atoms with Crippen LogP contribution in [0.2, 0.25) is 0 Å². The summed E-state index contributed by atoms with van der Waals surface area (Å²) >= 11 is 0. The van der Waals surface area contributed by atoms with Crippen LogP contribution in [0.1, 0.15) is 42.1 Å². The third kappa shape index (κ3) is 4.34. The first kappa shape index (κ1) is 18.7. The van der Waals surface area contributed by atoms with Crippen molar-refractivity contribution < 1.29 is 17.6 Å². The summed E-state index contributed by atoms with van der Waals surface area (Å²) in [6.07, 6.45) is 6.06. The van der Waals surface area contributed by atoms with Gasteiger partial charge in [-0.25, -0.2) is 13.1 Å². The van der Waals surface area contributed by atoms with Gasteiger partial charge >= 0.3 is 0 Å². The monoisotopic (exact) mass is 376 g/mol. The molecule has 1 aliphatic rings. The number of aryl methyl sites for hydroxylation is 1. The number of carbonyl (C=O) groups is 1. The summed E-state index contributed by atoms with van der Waals surface area (Å²) in [4.78, 5) is 14.3. The second kappa shape index (κ2) is 8.05. The molecule has 0 saturated carbocycles. The highest BCUT2D eigenvalue weighted by molar-refractivity contribution is 7.89. The first-order valence-electron chi connectivity index (χ1n) is 8.92. The molecular weight excluding hydrogens is 352 g/mol. The molecule has 1 amide bonds. The molecule has 6 nitrogen and oxygen atoms in total. The minimum absolute atomic E-state index is 0.0772. The summed E-state index contributed by atoms with van der Waals surface area (Å²) < 4.78 is 32.9. The predicted molar refractivity (Wildman–Crippen MR) is 98.4 cm³/mol. The van der Waals surface area contributed by atoms with E-state index in [9.17, 15) is 13.2 Å². The van der Waals surface area contributed by atoms with Crippen LogP contribution < -0.4 is 4.72 Å². The first-order chi connectivity index (χ1) is 12.5. The molecule has 0 radical (unpaired) electrons. The zero-order chi connectivity index (χ0) is 18.6. The van der Waals surface area contributed by atoms with Crippen molar-refractivity contribution in [1.29, 1.82) is 0 Å². The van der Waals surface area contributed by atoms with E-state index in [1.54, 1.807) is 23.1 Å². The Kier molecular flexibility index (Phi) is 5.78. The third-order valence-electron chi connectivity index (χ3n) is 4.64. The van der Waals surface area contributed by atoms with Gasteiger partial charge in [0, 0.05) is 19.1 Å². The third-order valence-corrected chi connectivity index (χ3v) is 6.18. The highest BCUT2D eigenvalue weighted by Gasteiger charge is 2.27. The van der Waals surface area contributed by atoms with E-state index in [-0.39, 0.29) is 16.8 Å². The lowest BCUT2D eigenvalue weighted by molar-refractivity contribution is 0.0710. The molecule has 1 aromatic heterocycles. The fraction of sp³-hybridized carbons (Fsp3) is 0.421. The maximum absolute atomic E-state index is 12.6. The van der Waals surface area contributed by atoms with Crippen LogP contribution in [0.3, 0.4) is 0 Å². The first-order valence-corrected chi connectivity index (χ1v) is 10.4. The Morgan fingerprint density at radius 3 is 2.46 bits per heavy atom. The number of furan rings is 1. The van der Waals surface area contributed by atoms with Crippen LogP contribution >= 0.6 is 0 Å². The number of hydrogen-bond donors (Lipinski definition) is 1. The molecular formula is C19H24N2O4S. The number of benzene rings is 1. The van der Waals surface area contributed by atoms with E-state index in [2.05, 4.69) is 11.6 Å². The molecule has 1 saturated heterocycles. The lowest BCUT2D eigenvalue weighted by Gasteiger charge is -2.32. The summed E-state index contributed by atoms with van der Waals surface area (Å²) in [5.41, 5.74) is 1.66. The van der Waals surface area contributed by atoms with E-state index in [0.717, 1.165) is 18.4 Å². The zero-order valence-corrected chi connectivity index (χ0v) is 15.7. The minimum Gasteiger partial charge on any atom is -0.472 e. The van der Waals surface area contributed by atoms with Gasteiger partial charge in [0.1, 0.15) is 6.26 Å². The molecule has 1 fully saturated rings. The second-order valence-corrected chi connectivity index (χ2v) is 8.31. The molecule has 0 unspecified atom stereocenters. The van der Waals surface area contributed by atoms with Crippen molar-refractivity contribution in [1.82, 2.24) is 9.62 Å². The van der Waals surface area contributed by atoms with Crippen LogP contribution in [-0.4, -0.2) is 38.4 Å². The van der Waals surface area contributed by atoms with Crippen molar-refractivity contribution in [2.24, 2.45) is 0 Å². The number of sulfonamides is 1. The van der Waals surface area contributed by atoms with Gasteiger partial charge in [-0.2, -0.15) is 0 Å². The summed E-state index contributed by atoms with van der Waals surface area (Å²) in [6, 6.07) is 8.52. The number of piperidine rings is 1. The lowest BCUT2D eigenvalue weighted by atomic mass is 10.1. The molecule has 0 aliphatic carbocycles. The molecule has 1 aromatic carbocycles. The van der Waals surface area contributed by atoms with Gasteiger partial charge in [-0.3, -0.25) is 4.79 Å². The average Bonchev–Trinajstić information content (AvgIpc) is 3.17. The van der Waals surface area contributed by atoms with Crippen molar-refractivity contribution in [3.8, 4) is 0 Å². The van der Waals surface area contributed by atoms with Gasteiger partial charge in [0.2, 0.25) is 10.0 Å². The number of rotatable bonds is 6. The molecule has 2 aromatic rings. The molecule has 140 valence electrons. The van der Waals surface area contributed by atoms with Crippen LogP contribution in [0.15, 0.2) is 52.2 Å². The molecule has 26 heavy (non-hydrogen) atoms. The van der Waals surface area contributed by atoms with Gasteiger partial charge in [-0.05, 0) is 43.0 Å². The van der Waals surface area contributed by atoms with E-state index >= 15 is 0 Å². The van der Waals surface area contributed by atoms with Gasteiger partial charge in [-0.1, -0.05) is 25.5 Å². The second-order valence-electron chi connectivity index (χ2n) is 6.59. The minimum atomic E-state index is -3.54. The molecule has 3 rings (SSSR count). The Labute approximate surface area is 154 Å². The van der Waals surface area contributed by atoms with Crippen LogP contribution in [0.4, 0.5) is 0 Å². The van der Waals surface area contributed by atoms with Crippen LogP contribution in [0, 0.1) is 0 Å². The Bertz CT molecular complexity index is 821. The molecule has 0 bridgehead atoms. The molecule has 1 aliphatic heterocycles. The van der Waals surface area contributed by atoms with E-state index in [1.165, 1.54) is 12.5 Å². The van der Waals surface area contributed by atoms with Crippen molar-refractivity contribution in [2.45, 2.75) is 43.5 Å². The van der Waals surface area contributed by atoms with Crippen molar-refractivity contribution in [3.63, 3.8) is 0 Å². The van der Waals surface area contributed by atoms with Crippen molar-refractivity contribution in [3.05, 3.63) is 54.0 Å². The largest absolute Gasteiger partial charge is 0.472 e. The summed E-state index contributed by atoms with van der Waals surface area (Å²) in [5, 5.41) is 0. The Morgan fingerprint density at radius 2 is 1.88 bits per heavy atom. The van der Waals surface area contributed by atoms with E-state index in [1.807, 2.05) is 12.1 Å². The molecule has 2 heterocycles. The fourth-order valence-corrected chi connectivity index (χ4v) is 4.49. The Balaban J connectivity index is 1.57. The van der Waals surface area contributed by atoms with Crippen molar-refractivity contribution >= 4 is 15.9 Å². The number of hydrogen-bond acceptors (Lipinski definition) is 4. The van der Waals surface area contributed by atoms with Gasteiger partial charge in [0.05, 0.1) is 16.7 Å². The summed E-state index contributed by atoms with van der Waals surface area (Å²) in [6.45, 7) is 3.13. The van der Waals surface area contributed by atoms with E-state index in [0.29, 0.717) is 31.5 Å². The number of nitrogens with one attached hydrogen (secondary N) is 1. The number of nitrogens with zero attached hydrogens (tertiary/aromatic N) is 1. The van der Waals surface area contributed by atoms with Gasteiger partial charge in [0.15, 0.2) is 0 Å². The quantitative estimate of drug-likeness (QED) is 0.841. The van der Waals surface area contributed by atoms with Gasteiger partial charge in [-0.15, -0.1) is 0 Å². The fourth-order valence-electron chi connectivity index (χ4n) is 3.18. The lowest BCUT2D eigenvalue weighted by Crippen LogP contribution is -2.46. The Morgan fingerprint density at radius 1 is 1.19 bits per heavy atom. The maximum atomic E-state index is 12.6. The average molecular weight is 376 g/mol. The van der Waals surface area contributed by atoms with Crippen LogP contribution in [0.25, 0.3) is 0 Å². The summed E-state index contributed by atoms with van der Waals surface area (Å²) in [5.74, 6) is -0.0772. The maximum Gasteiger partial charge on any atom is 0.257 e. The van der Waals surface area contributed by atoms with Crippen LogP contribution in [-0.2, 0) is 16.4 Å². The van der Waals surface area contributed by atoms with Gasteiger partial charge < -0.3 is 9.32 Å². The van der Waals surface area contributed by atoms with E-state index in [4.69, 9.17) is 4.42 Å².